The monoisotopic (exact) mass is 229 g/mol. The summed E-state index contributed by atoms with van der Waals surface area (Å²) < 4.78 is 2.23. The zero-order valence-electron chi connectivity index (χ0n) is 10.9. The standard InChI is InChI=1S/C14H19N3/c1-5-7-12-11-8-9-17(14(3,4)6-2)13(11)16-10-15-12/h5,7-10H,6H2,1-4H3/b7-5-. The van der Waals surface area contributed by atoms with Crippen LogP contribution in [0.5, 0.6) is 0 Å². The Kier molecular flexibility index (Phi) is 3.01. The summed E-state index contributed by atoms with van der Waals surface area (Å²) in [5, 5.41) is 1.12. The molecular formula is C14H19N3. The lowest BCUT2D eigenvalue weighted by atomic mass is 10.0. The van der Waals surface area contributed by atoms with E-state index in [1.807, 2.05) is 19.1 Å². The van der Waals surface area contributed by atoms with Crippen LogP contribution in [-0.2, 0) is 5.54 Å². The highest BCUT2D eigenvalue weighted by atomic mass is 15.1. The van der Waals surface area contributed by atoms with E-state index in [1.165, 1.54) is 0 Å². The predicted octanol–water partition coefficient (Wildman–Crippen LogP) is 3.61. The van der Waals surface area contributed by atoms with Crippen LogP contribution in [0.2, 0.25) is 0 Å². The van der Waals surface area contributed by atoms with Gasteiger partial charge in [0, 0.05) is 17.1 Å². The van der Waals surface area contributed by atoms with Gasteiger partial charge in [-0.25, -0.2) is 9.97 Å². The topological polar surface area (TPSA) is 30.7 Å². The summed E-state index contributed by atoms with van der Waals surface area (Å²) >= 11 is 0. The molecule has 0 atom stereocenters. The van der Waals surface area contributed by atoms with Gasteiger partial charge in [-0.2, -0.15) is 0 Å². The lowest BCUT2D eigenvalue weighted by Gasteiger charge is -2.25. The highest BCUT2D eigenvalue weighted by Crippen LogP contribution is 2.26. The van der Waals surface area contributed by atoms with Crippen LogP contribution in [0.15, 0.2) is 24.7 Å². The van der Waals surface area contributed by atoms with Crippen LogP contribution < -0.4 is 0 Å². The van der Waals surface area contributed by atoms with Crippen LogP contribution in [-0.4, -0.2) is 14.5 Å². The Bertz CT molecular complexity index is 550. The molecule has 3 nitrogen and oxygen atoms in total. The average Bonchev–Trinajstić information content (AvgIpc) is 2.75. The maximum atomic E-state index is 4.42. The molecule has 0 amide bonds. The molecular weight excluding hydrogens is 210 g/mol. The SMILES string of the molecule is C/C=C\c1ncnc2c1ccn2C(C)(C)CC. The molecule has 0 saturated heterocycles. The van der Waals surface area contributed by atoms with Crippen LogP contribution in [0.1, 0.15) is 39.8 Å². The van der Waals surface area contributed by atoms with Crippen molar-refractivity contribution in [1.82, 2.24) is 14.5 Å². The normalized spacial score (nSPS) is 12.7. The van der Waals surface area contributed by atoms with Crippen molar-refractivity contribution in [2.45, 2.75) is 39.7 Å². The molecule has 0 aliphatic heterocycles. The first-order valence-electron chi connectivity index (χ1n) is 6.05. The summed E-state index contributed by atoms with van der Waals surface area (Å²) in [6.45, 7) is 8.65. The van der Waals surface area contributed by atoms with E-state index < -0.39 is 0 Å². The number of hydrogen-bond acceptors (Lipinski definition) is 2. The minimum Gasteiger partial charge on any atom is -0.327 e. The fourth-order valence-corrected chi connectivity index (χ4v) is 1.92. The van der Waals surface area contributed by atoms with Crippen molar-refractivity contribution in [3.05, 3.63) is 30.4 Å². The third kappa shape index (κ3) is 1.97. The van der Waals surface area contributed by atoms with Crippen LogP contribution in [0.3, 0.4) is 0 Å². The minimum atomic E-state index is 0.0866. The summed E-state index contributed by atoms with van der Waals surface area (Å²) in [6.07, 6.45) is 8.84. The first-order chi connectivity index (χ1) is 8.10. The van der Waals surface area contributed by atoms with Crippen molar-refractivity contribution < 1.29 is 0 Å². The lowest BCUT2D eigenvalue weighted by molar-refractivity contribution is 0.352. The first-order valence-corrected chi connectivity index (χ1v) is 6.05. The number of nitrogens with zero attached hydrogens (tertiary/aromatic N) is 3. The van der Waals surface area contributed by atoms with Gasteiger partial charge in [0.05, 0.1) is 5.69 Å². The molecule has 0 radical (unpaired) electrons. The van der Waals surface area contributed by atoms with E-state index in [4.69, 9.17) is 0 Å². The Labute approximate surface area is 102 Å². The van der Waals surface area contributed by atoms with Gasteiger partial charge in [0.25, 0.3) is 0 Å². The molecule has 0 aromatic carbocycles. The lowest BCUT2D eigenvalue weighted by Crippen LogP contribution is -2.24. The molecule has 0 aliphatic carbocycles. The third-order valence-corrected chi connectivity index (χ3v) is 3.35. The molecule has 0 fully saturated rings. The van der Waals surface area contributed by atoms with Gasteiger partial charge >= 0.3 is 0 Å². The van der Waals surface area contributed by atoms with Crippen molar-refractivity contribution in [2.75, 3.05) is 0 Å². The molecule has 3 heteroatoms. The third-order valence-electron chi connectivity index (χ3n) is 3.35. The molecule has 17 heavy (non-hydrogen) atoms. The number of hydrogen-bond donors (Lipinski definition) is 0. The number of fused-ring (bicyclic) bond motifs is 1. The van der Waals surface area contributed by atoms with Crippen LogP contribution in [0.4, 0.5) is 0 Å². The van der Waals surface area contributed by atoms with E-state index in [9.17, 15) is 0 Å². The highest BCUT2D eigenvalue weighted by molar-refractivity contribution is 5.84. The minimum absolute atomic E-state index is 0.0866. The Hall–Kier alpha value is -1.64. The van der Waals surface area contributed by atoms with Gasteiger partial charge in [0.15, 0.2) is 0 Å². The highest BCUT2D eigenvalue weighted by Gasteiger charge is 2.20. The van der Waals surface area contributed by atoms with Gasteiger partial charge < -0.3 is 4.57 Å². The largest absolute Gasteiger partial charge is 0.327 e. The molecule has 0 N–H and O–H groups in total. The summed E-state index contributed by atoms with van der Waals surface area (Å²) in [5.74, 6) is 0. The van der Waals surface area contributed by atoms with Crippen LogP contribution >= 0.6 is 0 Å². The Morgan fingerprint density at radius 3 is 2.76 bits per heavy atom. The number of allylic oxidation sites excluding steroid dienone is 1. The molecule has 2 aromatic rings. The second-order valence-corrected chi connectivity index (χ2v) is 4.85. The van der Waals surface area contributed by atoms with E-state index in [0.29, 0.717) is 0 Å². The smallest absolute Gasteiger partial charge is 0.144 e. The fraction of sp³-hybridized carbons (Fsp3) is 0.429. The van der Waals surface area contributed by atoms with Gasteiger partial charge in [-0.15, -0.1) is 0 Å². The van der Waals surface area contributed by atoms with Crippen LogP contribution in [0.25, 0.3) is 17.1 Å². The van der Waals surface area contributed by atoms with Crippen molar-refractivity contribution in [1.29, 1.82) is 0 Å². The van der Waals surface area contributed by atoms with E-state index >= 15 is 0 Å². The van der Waals surface area contributed by atoms with Gasteiger partial charge in [-0.05, 0) is 39.3 Å². The van der Waals surface area contributed by atoms with Crippen molar-refractivity contribution in [3.8, 4) is 0 Å². The Morgan fingerprint density at radius 2 is 2.12 bits per heavy atom. The molecule has 2 heterocycles. The molecule has 0 aliphatic rings. The summed E-state index contributed by atoms with van der Waals surface area (Å²) in [5.41, 5.74) is 2.09. The summed E-state index contributed by atoms with van der Waals surface area (Å²) in [6, 6.07) is 2.10. The maximum Gasteiger partial charge on any atom is 0.144 e. The van der Waals surface area contributed by atoms with Gasteiger partial charge in [0.1, 0.15) is 12.0 Å². The van der Waals surface area contributed by atoms with E-state index in [1.54, 1.807) is 6.33 Å². The zero-order valence-corrected chi connectivity index (χ0v) is 10.9. The number of aromatic nitrogens is 3. The maximum absolute atomic E-state index is 4.42. The van der Waals surface area contributed by atoms with Gasteiger partial charge in [-0.1, -0.05) is 13.0 Å². The average molecular weight is 229 g/mol. The fourth-order valence-electron chi connectivity index (χ4n) is 1.92. The summed E-state index contributed by atoms with van der Waals surface area (Å²) in [7, 11) is 0. The van der Waals surface area contributed by atoms with Crippen LogP contribution in [0, 0.1) is 0 Å². The van der Waals surface area contributed by atoms with Crippen molar-refractivity contribution >= 4 is 17.1 Å². The van der Waals surface area contributed by atoms with Gasteiger partial charge in [0.2, 0.25) is 0 Å². The molecule has 2 aromatic heterocycles. The van der Waals surface area contributed by atoms with Crippen molar-refractivity contribution in [2.24, 2.45) is 0 Å². The second kappa shape index (κ2) is 4.32. The first kappa shape index (κ1) is 11.8. The number of rotatable bonds is 3. The van der Waals surface area contributed by atoms with Gasteiger partial charge in [-0.3, -0.25) is 0 Å². The van der Waals surface area contributed by atoms with E-state index in [0.717, 1.165) is 23.1 Å². The quantitative estimate of drug-likeness (QED) is 0.805. The molecule has 0 unspecified atom stereocenters. The predicted molar refractivity (Wildman–Crippen MR) is 71.8 cm³/mol. The van der Waals surface area contributed by atoms with E-state index in [2.05, 4.69) is 47.6 Å². The zero-order chi connectivity index (χ0) is 12.5. The molecule has 0 spiro atoms. The Balaban J connectivity index is 2.67. The molecule has 90 valence electrons. The van der Waals surface area contributed by atoms with Crippen molar-refractivity contribution in [3.63, 3.8) is 0 Å². The Morgan fingerprint density at radius 1 is 1.35 bits per heavy atom. The molecule has 2 rings (SSSR count). The molecule has 0 saturated carbocycles. The molecule has 0 bridgehead atoms. The summed E-state index contributed by atoms with van der Waals surface area (Å²) in [4.78, 5) is 8.72. The second-order valence-electron chi connectivity index (χ2n) is 4.85. The van der Waals surface area contributed by atoms with E-state index in [-0.39, 0.29) is 5.54 Å².